The van der Waals surface area contributed by atoms with Crippen molar-refractivity contribution in [3.63, 3.8) is 0 Å². The Balaban J connectivity index is 1.77. The van der Waals surface area contributed by atoms with Gasteiger partial charge in [-0.3, -0.25) is 4.79 Å². The standard InChI is InChI=1S/C21H15FN2O4/c1-2-27-21(26)28-19-10-15-14-9-12(7-8-17(14)24-18(15)11-23-19)20(25)13-5-3-4-6-16(13)22/h3-11,24H,2H2,1H3. The molecule has 6 nitrogen and oxygen atoms in total. The molecule has 0 bridgehead atoms. The molecule has 4 aromatic rings. The highest BCUT2D eigenvalue weighted by atomic mass is 19.1. The predicted octanol–water partition coefficient (Wildman–Crippen LogP) is 4.62. The molecule has 0 saturated carbocycles. The topological polar surface area (TPSA) is 81.3 Å². The minimum absolute atomic E-state index is 0.00897. The molecule has 0 saturated heterocycles. The number of hydrogen-bond acceptors (Lipinski definition) is 5. The maximum atomic E-state index is 14.0. The van der Waals surface area contributed by atoms with Crippen LogP contribution in [0.3, 0.4) is 0 Å². The van der Waals surface area contributed by atoms with Crippen molar-refractivity contribution >= 4 is 33.7 Å². The molecule has 28 heavy (non-hydrogen) atoms. The first-order chi connectivity index (χ1) is 13.6. The summed E-state index contributed by atoms with van der Waals surface area (Å²) in [5.41, 5.74) is 1.84. The van der Waals surface area contributed by atoms with Gasteiger partial charge in [0.1, 0.15) is 5.82 Å². The molecular weight excluding hydrogens is 363 g/mol. The summed E-state index contributed by atoms with van der Waals surface area (Å²) >= 11 is 0. The van der Waals surface area contributed by atoms with Crippen LogP contribution in [-0.2, 0) is 4.74 Å². The summed E-state index contributed by atoms with van der Waals surface area (Å²) < 4.78 is 23.8. The van der Waals surface area contributed by atoms with Crippen molar-refractivity contribution in [2.24, 2.45) is 0 Å². The van der Waals surface area contributed by atoms with E-state index >= 15 is 0 Å². The quantitative estimate of drug-likeness (QED) is 0.414. The first kappa shape index (κ1) is 17.7. The average Bonchev–Trinajstić information content (AvgIpc) is 3.05. The number of hydrogen-bond donors (Lipinski definition) is 1. The molecule has 0 fully saturated rings. The first-order valence-electron chi connectivity index (χ1n) is 8.62. The monoisotopic (exact) mass is 378 g/mol. The molecule has 0 aliphatic carbocycles. The number of aromatic amines is 1. The fourth-order valence-electron chi connectivity index (χ4n) is 3.01. The summed E-state index contributed by atoms with van der Waals surface area (Å²) in [6.07, 6.45) is 0.687. The normalized spacial score (nSPS) is 10.9. The van der Waals surface area contributed by atoms with Crippen LogP contribution < -0.4 is 4.74 Å². The second-order valence-corrected chi connectivity index (χ2v) is 6.05. The van der Waals surface area contributed by atoms with E-state index in [0.717, 1.165) is 10.9 Å². The highest BCUT2D eigenvalue weighted by molar-refractivity contribution is 6.14. The van der Waals surface area contributed by atoms with Gasteiger partial charge in [-0.25, -0.2) is 14.2 Å². The number of fused-ring (bicyclic) bond motifs is 3. The smallest absolute Gasteiger partial charge is 0.434 e. The number of halogens is 1. The van der Waals surface area contributed by atoms with Gasteiger partial charge in [-0.15, -0.1) is 0 Å². The molecule has 0 aliphatic heterocycles. The zero-order valence-electron chi connectivity index (χ0n) is 14.9. The van der Waals surface area contributed by atoms with Gasteiger partial charge in [-0.1, -0.05) is 12.1 Å². The van der Waals surface area contributed by atoms with Crippen LogP contribution >= 0.6 is 0 Å². The Kier molecular flexibility index (Phi) is 4.49. The Morgan fingerprint density at radius 2 is 1.86 bits per heavy atom. The van der Waals surface area contributed by atoms with Gasteiger partial charge in [0.05, 0.1) is 23.9 Å². The lowest BCUT2D eigenvalue weighted by Gasteiger charge is -2.04. The molecule has 140 valence electrons. The molecule has 7 heteroatoms. The van der Waals surface area contributed by atoms with E-state index in [1.165, 1.54) is 24.4 Å². The van der Waals surface area contributed by atoms with E-state index < -0.39 is 17.8 Å². The maximum Gasteiger partial charge on any atom is 0.515 e. The van der Waals surface area contributed by atoms with Crippen molar-refractivity contribution in [3.05, 3.63) is 71.7 Å². The highest BCUT2D eigenvalue weighted by Crippen LogP contribution is 2.29. The fraction of sp³-hybridized carbons (Fsp3) is 0.0952. The van der Waals surface area contributed by atoms with Crippen LogP contribution in [0.1, 0.15) is 22.8 Å². The second kappa shape index (κ2) is 7.11. The van der Waals surface area contributed by atoms with E-state index in [-0.39, 0.29) is 18.1 Å². The minimum atomic E-state index is -0.843. The number of pyridine rings is 1. The highest BCUT2D eigenvalue weighted by Gasteiger charge is 2.16. The van der Waals surface area contributed by atoms with E-state index in [4.69, 9.17) is 9.47 Å². The molecule has 0 atom stereocenters. The van der Waals surface area contributed by atoms with Gasteiger partial charge in [-0.05, 0) is 37.3 Å². The lowest BCUT2D eigenvalue weighted by Crippen LogP contribution is -2.10. The van der Waals surface area contributed by atoms with Crippen LogP contribution in [0.2, 0.25) is 0 Å². The number of H-pyrrole nitrogens is 1. The number of ketones is 1. The van der Waals surface area contributed by atoms with Crippen LogP contribution in [0.25, 0.3) is 21.8 Å². The van der Waals surface area contributed by atoms with Gasteiger partial charge in [0.2, 0.25) is 5.88 Å². The molecule has 0 unspecified atom stereocenters. The SMILES string of the molecule is CCOC(=O)Oc1cc2c(cn1)[nH]c1ccc(C(=O)c3ccccc3F)cc12. The molecule has 0 spiro atoms. The van der Waals surface area contributed by atoms with Gasteiger partial charge >= 0.3 is 6.16 Å². The predicted molar refractivity (Wildman–Crippen MR) is 101 cm³/mol. The first-order valence-corrected chi connectivity index (χ1v) is 8.62. The van der Waals surface area contributed by atoms with Crippen molar-refractivity contribution in [2.45, 2.75) is 6.92 Å². The summed E-state index contributed by atoms with van der Waals surface area (Å²) in [7, 11) is 0. The van der Waals surface area contributed by atoms with E-state index in [9.17, 15) is 14.0 Å². The fourth-order valence-corrected chi connectivity index (χ4v) is 3.01. The van der Waals surface area contributed by atoms with Crippen LogP contribution in [0, 0.1) is 5.82 Å². The number of benzene rings is 2. The van der Waals surface area contributed by atoms with Gasteiger partial charge in [0.15, 0.2) is 5.78 Å². The van der Waals surface area contributed by atoms with E-state index in [0.29, 0.717) is 16.5 Å². The maximum absolute atomic E-state index is 14.0. The second-order valence-electron chi connectivity index (χ2n) is 6.05. The van der Waals surface area contributed by atoms with Crippen molar-refractivity contribution < 1.29 is 23.5 Å². The zero-order valence-corrected chi connectivity index (χ0v) is 14.9. The number of nitrogens with one attached hydrogen (secondary N) is 1. The van der Waals surface area contributed by atoms with Crippen LogP contribution in [0.5, 0.6) is 5.88 Å². The summed E-state index contributed by atoms with van der Waals surface area (Å²) in [5.74, 6) is -0.898. The third kappa shape index (κ3) is 3.18. The molecule has 4 rings (SSSR count). The number of aromatic nitrogens is 2. The summed E-state index contributed by atoms with van der Waals surface area (Å²) in [6.45, 7) is 1.86. The van der Waals surface area contributed by atoms with E-state index in [2.05, 4.69) is 9.97 Å². The molecular formula is C21H15FN2O4. The Bertz CT molecular complexity index is 1220. The molecule has 0 radical (unpaired) electrons. The Morgan fingerprint density at radius 1 is 1.07 bits per heavy atom. The third-order valence-electron chi connectivity index (χ3n) is 4.29. The molecule has 2 aromatic heterocycles. The molecule has 0 aliphatic rings. The van der Waals surface area contributed by atoms with Crippen LogP contribution in [0.4, 0.5) is 9.18 Å². The van der Waals surface area contributed by atoms with E-state index in [1.807, 2.05) is 0 Å². The van der Waals surface area contributed by atoms with Crippen LogP contribution in [-0.4, -0.2) is 28.5 Å². The lowest BCUT2D eigenvalue weighted by atomic mass is 10.0. The largest absolute Gasteiger partial charge is 0.515 e. The van der Waals surface area contributed by atoms with Gasteiger partial charge in [-0.2, -0.15) is 0 Å². The van der Waals surface area contributed by atoms with Gasteiger partial charge in [0.25, 0.3) is 0 Å². The number of carbonyl (C=O) groups excluding carboxylic acids is 2. The Morgan fingerprint density at radius 3 is 2.64 bits per heavy atom. The summed E-state index contributed by atoms with van der Waals surface area (Å²) in [5, 5.41) is 1.45. The Labute approximate surface area is 158 Å². The number of rotatable bonds is 4. The Hall–Kier alpha value is -3.74. The minimum Gasteiger partial charge on any atom is -0.434 e. The van der Waals surface area contributed by atoms with E-state index in [1.54, 1.807) is 37.3 Å². The molecule has 2 heterocycles. The number of nitrogens with zero attached hydrogens (tertiary/aromatic N) is 1. The van der Waals surface area contributed by atoms with Crippen molar-refractivity contribution in [2.75, 3.05) is 6.61 Å². The summed E-state index contributed by atoms with van der Waals surface area (Å²) in [4.78, 5) is 31.5. The van der Waals surface area contributed by atoms with Crippen molar-refractivity contribution in [1.82, 2.24) is 9.97 Å². The summed E-state index contributed by atoms with van der Waals surface area (Å²) in [6, 6.07) is 12.5. The third-order valence-corrected chi connectivity index (χ3v) is 4.29. The number of ether oxygens (including phenoxy) is 2. The average molecular weight is 378 g/mol. The molecule has 2 aromatic carbocycles. The lowest BCUT2D eigenvalue weighted by molar-refractivity contribution is 0.102. The van der Waals surface area contributed by atoms with Gasteiger partial charge < -0.3 is 14.5 Å². The molecule has 1 N–H and O–H groups in total. The zero-order chi connectivity index (χ0) is 19.7. The van der Waals surface area contributed by atoms with Crippen molar-refractivity contribution in [3.8, 4) is 5.88 Å². The van der Waals surface area contributed by atoms with Crippen molar-refractivity contribution in [1.29, 1.82) is 0 Å². The number of carbonyl (C=O) groups is 2. The molecule has 0 amide bonds. The van der Waals surface area contributed by atoms with Gasteiger partial charge in [0, 0.05) is 27.9 Å². The van der Waals surface area contributed by atoms with Crippen LogP contribution in [0.15, 0.2) is 54.7 Å².